The molecule has 21 heavy (non-hydrogen) atoms. The van der Waals surface area contributed by atoms with E-state index >= 15 is 0 Å². The van der Waals surface area contributed by atoms with Crippen molar-refractivity contribution in [1.82, 2.24) is 4.98 Å². The van der Waals surface area contributed by atoms with E-state index in [0.717, 1.165) is 0 Å². The Morgan fingerprint density at radius 1 is 1.48 bits per heavy atom. The molecule has 0 radical (unpaired) electrons. The summed E-state index contributed by atoms with van der Waals surface area (Å²) in [5.74, 6) is 5.36. The number of carbonyl (C=O) groups excluding carboxylic acids is 1. The molecule has 1 aromatic heterocycles. The smallest absolute Gasteiger partial charge is 0.257 e. The second kappa shape index (κ2) is 7.40. The van der Waals surface area contributed by atoms with Crippen molar-refractivity contribution in [3.63, 3.8) is 0 Å². The molecule has 0 spiro atoms. The number of thiazole rings is 1. The molecule has 7 heteroatoms. The molecule has 108 valence electrons. The van der Waals surface area contributed by atoms with Crippen LogP contribution in [0, 0.1) is 15.4 Å². The Hall–Kier alpha value is -1.63. The fourth-order valence-electron chi connectivity index (χ4n) is 1.42. The van der Waals surface area contributed by atoms with Gasteiger partial charge in [0.2, 0.25) is 0 Å². The fourth-order valence-corrected chi connectivity index (χ4v) is 2.44. The van der Waals surface area contributed by atoms with Crippen molar-refractivity contribution >= 4 is 45.0 Å². The number of aliphatic hydroxyl groups is 1. The van der Waals surface area contributed by atoms with E-state index in [0.29, 0.717) is 25.6 Å². The minimum atomic E-state index is -0.342. The minimum absolute atomic E-state index is 0.0195. The minimum Gasteiger partial charge on any atom is -0.507 e. The third kappa shape index (κ3) is 4.42. The number of aliphatic hydroxyl groups excluding tert-OH is 1. The predicted molar refractivity (Wildman–Crippen MR) is 89.5 cm³/mol. The quantitative estimate of drug-likeness (QED) is 0.533. The van der Waals surface area contributed by atoms with Gasteiger partial charge in [-0.05, 0) is 40.8 Å². The topological polar surface area (TPSA) is 82.5 Å². The van der Waals surface area contributed by atoms with Crippen LogP contribution < -0.4 is 5.32 Å². The maximum absolute atomic E-state index is 12.0. The number of hydrogen-bond acceptors (Lipinski definition) is 5. The van der Waals surface area contributed by atoms with Gasteiger partial charge in [0.1, 0.15) is 5.75 Å². The van der Waals surface area contributed by atoms with Crippen molar-refractivity contribution in [2.45, 2.75) is 6.42 Å². The highest BCUT2D eigenvalue weighted by molar-refractivity contribution is 14.1. The van der Waals surface area contributed by atoms with Crippen LogP contribution in [0.4, 0.5) is 5.13 Å². The van der Waals surface area contributed by atoms with E-state index in [2.05, 4.69) is 22.1 Å². The second-order valence-electron chi connectivity index (χ2n) is 3.93. The Balaban J connectivity index is 2.06. The van der Waals surface area contributed by atoms with Gasteiger partial charge < -0.3 is 10.2 Å². The van der Waals surface area contributed by atoms with Crippen molar-refractivity contribution in [3.05, 3.63) is 38.4 Å². The monoisotopic (exact) mass is 414 g/mol. The molecule has 0 aliphatic rings. The Kier molecular flexibility index (Phi) is 5.55. The molecule has 1 amide bonds. The molecule has 3 N–H and O–H groups in total. The van der Waals surface area contributed by atoms with Crippen LogP contribution in [0.3, 0.4) is 0 Å². The van der Waals surface area contributed by atoms with E-state index in [4.69, 9.17) is 5.11 Å². The van der Waals surface area contributed by atoms with Gasteiger partial charge in [-0.15, -0.1) is 0 Å². The Labute approximate surface area is 139 Å². The summed E-state index contributed by atoms with van der Waals surface area (Å²) in [5, 5.41) is 21.3. The highest BCUT2D eigenvalue weighted by Crippen LogP contribution is 2.22. The van der Waals surface area contributed by atoms with E-state index < -0.39 is 0 Å². The average molecular weight is 414 g/mol. The number of halogens is 1. The molecule has 0 atom stereocenters. The first kappa shape index (κ1) is 15.8. The third-order valence-corrected chi connectivity index (χ3v) is 4.12. The maximum Gasteiger partial charge on any atom is 0.257 e. The molecule has 0 aliphatic carbocycles. The van der Waals surface area contributed by atoms with Crippen LogP contribution in [0.5, 0.6) is 5.75 Å². The van der Waals surface area contributed by atoms with Crippen molar-refractivity contribution < 1.29 is 15.0 Å². The molecule has 1 heterocycles. The van der Waals surface area contributed by atoms with Gasteiger partial charge >= 0.3 is 0 Å². The number of benzene rings is 1. The van der Waals surface area contributed by atoms with Crippen molar-refractivity contribution in [2.75, 3.05) is 11.9 Å². The van der Waals surface area contributed by atoms with E-state index in [-0.39, 0.29) is 18.3 Å². The number of phenols is 1. The summed E-state index contributed by atoms with van der Waals surface area (Å²) in [5.41, 5.74) is 0.357. The van der Waals surface area contributed by atoms with Crippen molar-refractivity contribution in [2.24, 2.45) is 0 Å². The lowest BCUT2D eigenvalue weighted by Crippen LogP contribution is -2.11. The predicted octanol–water partition coefficient (Wildman–Crippen LogP) is 2.44. The van der Waals surface area contributed by atoms with E-state index in [1.165, 1.54) is 17.4 Å². The molecule has 5 nitrogen and oxygen atoms in total. The number of anilines is 1. The number of rotatable bonds is 3. The molecular weight excluding hydrogens is 403 g/mol. The standard InChI is InChI=1S/C14H11IN2O3S/c15-11-5-4-9(7-12(11)19)13(20)17-14-16-8-10(21-14)3-1-2-6-18/h4-5,7-8,18-19H,2,6H2,(H,16,17,20). The van der Waals surface area contributed by atoms with Gasteiger partial charge in [0.15, 0.2) is 5.13 Å². The summed E-state index contributed by atoms with van der Waals surface area (Å²) in [7, 11) is 0. The second-order valence-corrected chi connectivity index (χ2v) is 6.12. The molecule has 0 saturated heterocycles. The molecule has 0 unspecified atom stereocenters. The molecule has 0 saturated carbocycles. The van der Waals surface area contributed by atoms with Gasteiger partial charge in [0.25, 0.3) is 5.91 Å². The largest absolute Gasteiger partial charge is 0.507 e. The van der Waals surface area contributed by atoms with Crippen LogP contribution in [0.25, 0.3) is 0 Å². The number of hydrogen-bond donors (Lipinski definition) is 3. The van der Waals surface area contributed by atoms with Gasteiger partial charge in [-0.2, -0.15) is 0 Å². The number of aromatic nitrogens is 1. The summed E-state index contributed by atoms with van der Waals surface area (Å²) in [6.07, 6.45) is 1.97. The number of amides is 1. The summed E-state index contributed by atoms with van der Waals surface area (Å²) >= 11 is 3.23. The lowest BCUT2D eigenvalue weighted by molar-refractivity contribution is 0.102. The van der Waals surface area contributed by atoms with E-state index in [1.807, 2.05) is 22.6 Å². The Morgan fingerprint density at radius 3 is 3.00 bits per heavy atom. The SMILES string of the molecule is O=C(Nc1ncc(C#CCCO)s1)c1ccc(I)c(O)c1. The zero-order chi connectivity index (χ0) is 15.2. The summed E-state index contributed by atoms with van der Waals surface area (Å²) < 4.78 is 0.680. The first-order valence-corrected chi connectivity index (χ1v) is 7.85. The number of nitrogens with zero attached hydrogens (tertiary/aromatic N) is 1. The number of nitrogens with one attached hydrogen (secondary N) is 1. The van der Waals surface area contributed by atoms with Crippen LogP contribution in [0.2, 0.25) is 0 Å². The molecule has 2 aromatic rings. The molecule has 0 aliphatic heterocycles. The summed E-state index contributed by atoms with van der Waals surface area (Å²) in [4.78, 5) is 16.8. The molecular formula is C14H11IN2O3S. The lowest BCUT2D eigenvalue weighted by atomic mass is 10.2. The lowest BCUT2D eigenvalue weighted by Gasteiger charge is -2.03. The Bertz CT molecular complexity index is 718. The first-order chi connectivity index (χ1) is 10.1. The molecule has 0 bridgehead atoms. The molecule has 2 rings (SSSR count). The van der Waals surface area contributed by atoms with Gasteiger partial charge in [-0.1, -0.05) is 23.2 Å². The third-order valence-electron chi connectivity index (χ3n) is 2.38. The molecule has 1 aromatic carbocycles. The molecule has 0 fully saturated rings. The fraction of sp³-hybridized carbons (Fsp3) is 0.143. The normalized spacial score (nSPS) is 9.81. The van der Waals surface area contributed by atoms with E-state index in [1.54, 1.807) is 18.3 Å². The maximum atomic E-state index is 12.0. The first-order valence-electron chi connectivity index (χ1n) is 5.95. The number of aromatic hydroxyl groups is 1. The van der Waals surface area contributed by atoms with Crippen LogP contribution in [0.15, 0.2) is 24.4 Å². The number of carbonyl (C=O) groups is 1. The van der Waals surface area contributed by atoms with Crippen LogP contribution in [-0.2, 0) is 0 Å². The van der Waals surface area contributed by atoms with Gasteiger partial charge in [0.05, 0.1) is 21.3 Å². The van der Waals surface area contributed by atoms with Gasteiger partial charge in [0, 0.05) is 12.0 Å². The summed E-state index contributed by atoms with van der Waals surface area (Å²) in [6.45, 7) is 0.0195. The van der Waals surface area contributed by atoms with Crippen molar-refractivity contribution in [1.29, 1.82) is 0 Å². The summed E-state index contributed by atoms with van der Waals surface area (Å²) in [6, 6.07) is 4.71. The van der Waals surface area contributed by atoms with Crippen molar-refractivity contribution in [3.8, 4) is 17.6 Å². The van der Waals surface area contributed by atoms with Crippen LogP contribution in [0.1, 0.15) is 21.7 Å². The zero-order valence-corrected chi connectivity index (χ0v) is 13.7. The number of phenolic OH excluding ortho intramolecular Hbond substituents is 1. The van der Waals surface area contributed by atoms with Gasteiger partial charge in [-0.3, -0.25) is 10.1 Å². The van der Waals surface area contributed by atoms with Crippen LogP contribution >= 0.6 is 33.9 Å². The van der Waals surface area contributed by atoms with Crippen LogP contribution in [-0.4, -0.2) is 27.7 Å². The van der Waals surface area contributed by atoms with E-state index in [9.17, 15) is 9.90 Å². The van der Waals surface area contributed by atoms with Gasteiger partial charge in [-0.25, -0.2) is 4.98 Å². The highest BCUT2D eigenvalue weighted by Gasteiger charge is 2.10. The zero-order valence-electron chi connectivity index (χ0n) is 10.8. The highest BCUT2D eigenvalue weighted by atomic mass is 127. The average Bonchev–Trinajstić information content (AvgIpc) is 2.89. The Morgan fingerprint density at radius 2 is 2.29 bits per heavy atom.